The Hall–Kier alpha value is -3.50. The van der Waals surface area contributed by atoms with Gasteiger partial charge in [0.05, 0.1) is 15.6 Å². The van der Waals surface area contributed by atoms with Crippen molar-refractivity contribution in [2.75, 3.05) is 57.3 Å². The predicted octanol–water partition coefficient (Wildman–Crippen LogP) is 2.56. The maximum absolute atomic E-state index is 13.7. The van der Waals surface area contributed by atoms with E-state index in [1.165, 1.54) is 24.2 Å². The highest BCUT2D eigenvalue weighted by Gasteiger charge is 2.25. The lowest BCUT2D eigenvalue weighted by Crippen LogP contribution is -2.48. The number of thiazole rings is 1. The third-order valence-corrected chi connectivity index (χ3v) is 8.61. The molecule has 6 rings (SSSR count). The van der Waals surface area contributed by atoms with E-state index in [1.54, 1.807) is 13.0 Å². The highest BCUT2D eigenvalue weighted by molar-refractivity contribution is 7.24. The van der Waals surface area contributed by atoms with Crippen LogP contribution >= 0.6 is 11.3 Å². The summed E-state index contributed by atoms with van der Waals surface area (Å²) < 4.78 is 2.95. The summed E-state index contributed by atoms with van der Waals surface area (Å²) in [5.41, 5.74) is 1.36. The Bertz CT molecular complexity index is 1560. The van der Waals surface area contributed by atoms with Crippen molar-refractivity contribution in [2.24, 2.45) is 0 Å². The molecule has 192 valence electrons. The topological polar surface area (TPSA) is 90.3 Å². The van der Waals surface area contributed by atoms with Gasteiger partial charge in [-0.1, -0.05) is 12.1 Å². The zero-order valence-electron chi connectivity index (χ0n) is 20.9. The molecular weight excluding hydrogens is 488 g/mol. The van der Waals surface area contributed by atoms with Crippen LogP contribution in [0, 0.1) is 0 Å². The van der Waals surface area contributed by atoms with Crippen LogP contribution in [0.2, 0.25) is 0 Å². The number of hydrogen-bond acceptors (Lipinski definition) is 7. The average molecular weight is 519 g/mol. The number of fused-ring (bicyclic) bond motifs is 5. The number of likely N-dealkylation sites (tertiary alicyclic amines) is 1. The van der Waals surface area contributed by atoms with Gasteiger partial charge in [-0.25, -0.2) is 4.98 Å². The summed E-state index contributed by atoms with van der Waals surface area (Å²) in [5, 5.41) is 3.42. The highest BCUT2D eigenvalue weighted by Crippen LogP contribution is 2.31. The first-order chi connectivity index (χ1) is 18.0. The molecule has 0 unspecified atom stereocenters. The van der Waals surface area contributed by atoms with E-state index in [1.807, 2.05) is 39.6 Å². The van der Waals surface area contributed by atoms with Crippen molar-refractivity contribution in [1.29, 1.82) is 0 Å². The predicted molar refractivity (Wildman–Crippen MR) is 147 cm³/mol. The van der Waals surface area contributed by atoms with Gasteiger partial charge in [-0.3, -0.25) is 18.8 Å². The number of rotatable bonds is 5. The second-order valence-corrected chi connectivity index (χ2v) is 10.8. The van der Waals surface area contributed by atoms with Crippen LogP contribution in [0.4, 0.5) is 5.82 Å². The van der Waals surface area contributed by atoms with Gasteiger partial charge in [-0.15, -0.1) is 11.3 Å². The number of anilines is 1. The molecule has 2 aliphatic rings. The molecule has 0 spiro atoms. The smallest absolute Gasteiger partial charge is 0.258 e. The maximum Gasteiger partial charge on any atom is 0.258 e. The number of nitrogens with one attached hydrogen (secondary N) is 1. The van der Waals surface area contributed by atoms with Gasteiger partial charge in [0.15, 0.2) is 5.65 Å². The van der Waals surface area contributed by atoms with E-state index < -0.39 is 0 Å². The number of amides is 2. The Kier molecular flexibility index (Phi) is 6.29. The number of carbonyl (C=O) groups excluding carboxylic acids is 2. The van der Waals surface area contributed by atoms with Crippen molar-refractivity contribution in [2.45, 2.75) is 19.8 Å². The summed E-state index contributed by atoms with van der Waals surface area (Å²) in [6.07, 6.45) is 2.40. The number of para-hydroxylation sites is 1. The van der Waals surface area contributed by atoms with Crippen LogP contribution in [0.15, 0.2) is 41.2 Å². The molecular formula is C27H30N6O3S. The number of hydrogen-bond donors (Lipinski definition) is 1. The van der Waals surface area contributed by atoms with Gasteiger partial charge in [-0.2, -0.15) is 0 Å². The number of piperazine rings is 1. The minimum absolute atomic E-state index is 0.0790. The molecule has 0 saturated carbocycles. The van der Waals surface area contributed by atoms with E-state index in [4.69, 9.17) is 4.98 Å². The number of pyridine rings is 2. The van der Waals surface area contributed by atoms with E-state index in [9.17, 15) is 14.4 Å². The Morgan fingerprint density at radius 3 is 2.51 bits per heavy atom. The molecule has 0 bridgehead atoms. The first-order valence-corrected chi connectivity index (χ1v) is 13.7. The summed E-state index contributed by atoms with van der Waals surface area (Å²) >= 11 is 1.44. The van der Waals surface area contributed by atoms with Crippen molar-refractivity contribution in [3.63, 3.8) is 0 Å². The van der Waals surface area contributed by atoms with Crippen LogP contribution in [-0.4, -0.2) is 83.4 Å². The molecule has 3 aromatic heterocycles. The molecule has 9 nitrogen and oxygen atoms in total. The van der Waals surface area contributed by atoms with Gasteiger partial charge >= 0.3 is 0 Å². The Balaban J connectivity index is 1.42. The van der Waals surface area contributed by atoms with Gasteiger partial charge in [0.25, 0.3) is 5.91 Å². The second kappa shape index (κ2) is 9.75. The summed E-state index contributed by atoms with van der Waals surface area (Å²) in [4.78, 5) is 50.7. The molecule has 10 heteroatoms. The number of aromatic nitrogens is 2. The van der Waals surface area contributed by atoms with Crippen molar-refractivity contribution in [3.8, 4) is 0 Å². The minimum atomic E-state index is -0.334. The van der Waals surface area contributed by atoms with Crippen LogP contribution < -0.4 is 15.6 Å². The van der Waals surface area contributed by atoms with Gasteiger partial charge in [0, 0.05) is 46.2 Å². The first kappa shape index (κ1) is 23.9. The minimum Gasteiger partial charge on any atom is -0.353 e. The summed E-state index contributed by atoms with van der Waals surface area (Å²) in [6.45, 7) is 7.66. The Morgan fingerprint density at radius 2 is 1.76 bits per heavy atom. The molecule has 2 saturated heterocycles. The highest BCUT2D eigenvalue weighted by atomic mass is 32.1. The lowest BCUT2D eigenvalue weighted by molar-refractivity contribution is -0.129. The van der Waals surface area contributed by atoms with Crippen molar-refractivity contribution < 1.29 is 9.59 Å². The van der Waals surface area contributed by atoms with Crippen molar-refractivity contribution in [3.05, 3.63) is 52.2 Å². The van der Waals surface area contributed by atoms with Crippen molar-refractivity contribution in [1.82, 2.24) is 24.5 Å². The quantitative estimate of drug-likeness (QED) is 0.437. The average Bonchev–Trinajstić information content (AvgIpc) is 3.56. The first-order valence-electron chi connectivity index (χ1n) is 12.9. The van der Waals surface area contributed by atoms with E-state index in [-0.39, 0.29) is 22.8 Å². The normalized spacial score (nSPS) is 16.8. The van der Waals surface area contributed by atoms with Crippen molar-refractivity contribution >= 4 is 55.0 Å². The van der Waals surface area contributed by atoms with Crippen LogP contribution in [0.25, 0.3) is 26.1 Å². The van der Waals surface area contributed by atoms with E-state index in [0.717, 1.165) is 35.7 Å². The molecule has 2 aliphatic heterocycles. The number of carbonyl (C=O) groups is 2. The lowest BCUT2D eigenvalue weighted by atomic mass is 10.1. The third-order valence-electron chi connectivity index (χ3n) is 7.46. The van der Waals surface area contributed by atoms with E-state index in [2.05, 4.69) is 15.1 Å². The number of benzene rings is 1. The Morgan fingerprint density at radius 1 is 1.00 bits per heavy atom. The lowest BCUT2D eigenvalue weighted by Gasteiger charge is -2.35. The van der Waals surface area contributed by atoms with Gasteiger partial charge in [0.2, 0.25) is 11.3 Å². The van der Waals surface area contributed by atoms with E-state index >= 15 is 0 Å². The molecule has 4 aromatic rings. The van der Waals surface area contributed by atoms with Gasteiger partial charge in [0.1, 0.15) is 16.2 Å². The summed E-state index contributed by atoms with van der Waals surface area (Å²) in [6, 6.07) is 11.6. The van der Waals surface area contributed by atoms with Gasteiger partial charge < -0.3 is 20.0 Å². The molecule has 1 aromatic carbocycles. The van der Waals surface area contributed by atoms with Crippen LogP contribution in [-0.2, 0) is 4.79 Å². The Labute approximate surface area is 218 Å². The monoisotopic (exact) mass is 518 g/mol. The zero-order valence-corrected chi connectivity index (χ0v) is 21.7. The molecule has 0 aliphatic carbocycles. The molecule has 2 fully saturated rings. The molecule has 0 radical (unpaired) electrons. The fraction of sp³-hybridized carbons (Fsp3) is 0.407. The fourth-order valence-electron chi connectivity index (χ4n) is 5.43. The largest absolute Gasteiger partial charge is 0.353 e. The van der Waals surface area contributed by atoms with E-state index in [0.29, 0.717) is 48.6 Å². The SMILES string of the molecule is CC(=O)N1CCN(c2ccc3c(=O)c(C(=O)NCCN4CCCC4)c4sc5ccccc5n4c3n2)CC1. The van der Waals surface area contributed by atoms with Crippen LogP contribution in [0.3, 0.4) is 0 Å². The zero-order chi connectivity index (χ0) is 25.5. The molecule has 5 heterocycles. The van der Waals surface area contributed by atoms with Gasteiger partial charge in [-0.05, 0) is 50.2 Å². The molecule has 0 atom stereocenters. The molecule has 37 heavy (non-hydrogen) atoms. The summed E-state index contributed by atoms with van der Waals surface area (Å²) in [7, 11) is 0. The van der Waals surface area contributed by atoms with Crippen LogP contribution in [0.5, 0.6) is 0 Å². The maximum atomic E-state index is 13.7. The number of nitrogens with zero attached hydrogens (tertiary/aromatic N) is 5. The van der Waals surface area contributed by atoms with Crippen LogP contribution in [0.1, 0.15) is 30.1 Å². The fourth-order valence-corrected chi connectivity index (χ4v) is 6.61. The second-order valence-electron chi connectivity index (χ2n) is 9.75. The third kappa shape index (κ3) is 4.34. The molecule has 1 N–H and O–H groups in total. The molecule has 2 amide bonds. The standard InChI is InChI=1S/C27H30N6O3S/c1-18(34)31-14-16-32(17-15-31)22-9-8-19-24(35)23(26(36)28-10-13-30-11-4-5-12-30)27-33(25(19)29-22)20-6-2-3-7-21(20)37-27/h2-3,6-9H,4-5,10-17H2,1H3,(H,28,36). The summed E-state index contributed by atoms with van der Waals surface area (Å²) in [5.74, 6) is 0.511.